The Balaban J connectivity index is 1.84. The minimum Gasteiger partial charge on any atom is -0.389 e. The standard InChI is InChI=1S/C15H14N2OS/c1-10(18)11-6-8-12(9-7-11)16-15-17-13-4-2-3-5-14(13)19-15/h2-10,18H,1H3,(H,16,17)/t10-/m1/s1. The van der Waals surface area contributed by atoms with Crippen LogP contribution < -0.4 is 5.32 Å². The van der Waals surface area contributed by atoms with Gasteiger partial charge in [-0.25, -0.2) is 4.98 Å². The Morgan fingerprint density at radius 3 is 2.53 bits per heavy atom. The van der Waals surface area contributed by atoms with Crippen LogP contribution in [0.4, 0.5) is 10.8 Å². The van der Waals surface area contributed by atoms with Crippen molar-refractivity contribution in [2.45, 2.75) is 13.0 Å². The van der Waals surface area contributed by atoms with Gasteiger partial charge < -0.3 is 10.4 Å². The molecule has 0 aliphatic heterocycles. The highest BCUT2D eigenvalue weighted by molar-refractivity contribution is 7.22. The minimum atomic E-state index is -0.434. The van der Waals surface area contributed by atoms with E-state index in [1.807, 2.05) is 42.5 Å². The summed E-state index contributed by atoms with van der Waals surface area (Å²) in [4.78, 5) is 4.52. The molecule has 4 heteroatoms. The molecule has 0 bridgehead atoms. The average Bonchev–Trinajstić information content (AvgIpc) is 2.81. The van der Waals surface area contributed by atoms with Crippen molar-refractivity contribution in [1.82, 2.24) is 4.98 Å². The van der Waals surface area contributed by atoms with Crippen molar-refractivity contribution in [3.63, 3.8) is 0 Å². The van der Waals surface area contributed by atoms with Crippen molar-refractivity contribution < 1.29 is 5.11 Å². The molecule has 0 amide bonds. The second-order valence-corrected chi connectivity index (χ2v) is 5.44. The van der Waals surface area contributed by atoms with Crippen LogP contribution in [0.1, 0.15) is 18.6 Å². The molecule has 0 radical (unpaired) electrons. The second-order valence-electron chi connectivity index (χ2n) is 4.41. The number of fused-ring (bicyclic) bond motifs is 1. The highest BCUT2D eigenvalue weighted by atomic mass is 32.1. The Hall–Kier alpha value is -1.91. The smallest absolute Gasteiger partial charge is 0.188 e. The molecule has 96 valence electrons. The van der Waals surface area contributed by atoms with Crippen molar-refractivity contribution in [1.29, 1.82) is 0 Å². The van der Waals surface area contributed by atoms with E-state index in [0.29, 0.717) is 0 Å². The normalized spacial score (nSPS) is 12.5. The minimum absolute atomic E-state index is 0.434. The molecule has 0 spiro atoms. The second kappa shape index (κ2) is 4.99. The summed E-state index contributed by atoms with van der Waals surface area (Å²) < 4.78 is 1.17. The van der Waals surface area contributed by atoms with E-state index < -0.39 is 6.10 Å². The van der Waals surface area contributed by atoms with Crippen LogP contribution >= 0.6 is 11.3 Å². The van der Waals surface area contributed by atoms with Crippen LogP contribution in [0.2, 0.25) is 0 Å². The molecule has 19 heavy (non-hydrogen) atoms. The predicted molar refractivity (Wildman–Crippen MR) is 80.0 cm³/mol. The number of hydrogen-bond donors (Lipinski definition) is 2. The van der Waals surface area contributed by atoms with Gasteiger partial charge in [0.15, 0.2) is 5.13 Å². The summed E-state index contributed by atoms with van der Waals surface area (Å²) in [5, 5.41) is 13.6. The van der Waals surface area contributed by atoms with E-state index in [1.54, 1.807) is 18.3 Å². The zero-order valence-corrected chi connectivity index (χ0v) is 11.3. The number of thiazole rings is 1. The molecule has 0 unspecified atom stereocenters. The van der Waals surface area contributed by atoms with Gasteiger partial charge in [-0.3, -0.25) is 0 Å². The van der Waals surface area contributed by atoms with Crippen LogP contribution in [0.25, 0.3) is 10.2 Å². The van der Waals surface area contributed by atoms with Crippen LogP contribution in [0.15, 0.2) is 48.5 Å². The fraction of sp³-hybridized carbons (Fsp3) is 0.133. The third-order valence-corrected chi connectivity index (χ3v) is 3.89. The quantitative estimate of drug-likeness (QED) is 0.753. The number of anilines is 2. The van der Waals surface area contributed by atoms with Gasteiger partial charge in [0.2, 0.25) is 0 Å². The Bertz CT molecular complexity index is 656. The van der Waals surface area contributed by atoms with Crippen LogP contribution in [0.3, 0.4) is 0 Å². The van der Waals surface area contributed by atoms with Crippen LogP contribution in [0, 0.1) is 0 Å². The van der Waals surface area contributed by atoms with Gasteiger partial charge in [-0.2, -0.15) is 0 Å². The van der Waals surface area contributed by atoms with Gasteiger partial charge in [0.05, 0.1) is 16.3 Å². The number of nitrogens with zero attached hydrogens (tertiary/aromatic N) is 1. The lowest BCUT2D eigenvalue weighted by molar-refractivity contribution is 0.199. The molecule has 2 aromatic carbocycles. The first-order chi connectivity index (χ1) is 9.22. The number of benzene rings is 2. The van der Waals surface area contributed by atoms with E-state index in [2.05, 4.69) is 16.4 Å². The number of nitrogens with one attached hydrogen (secondary N) is 1. The number of para-hydroxylation sites is 1. The highest BCUT2D eigenvalue weighted by Gasteiger charge is 2.04. The molecule has 0 aliphatic rings. The molecule has 1 atom stereocenters. The molecule has 3 rings (SSSR count). The van der Waals surface area contributed by atoms with E-state index in [-0.39, 0.29) is 0 Å². The summed E-state index contributed by atoms with van der Waals surface area (Å²) in [6, 6.07) is 15.8. The van der Waals surface area contributed by atoms with Gasteiger partial charge in [0, 0.05) is 5.69 Å². The Morgan fingerprint density at radius 2 is 1.84 bits per heavy atom. The Morgan fingerprint density at radius 1 is 1.11 bits per heavy atom. The van der Waals surface area contributed by atoms with E-state index in [4.69, 9.17) is 0 Å². The molecular formula is C15H14N2OS. The average molecular weight is 270 g/mol. The fourth-order valence-corrected chi connectivity index (χ4v) is 2.78. The largest absolute Gasteiger partial charge is 0.389 e. The molecule has 1 heterocycles. The molecule has 2 N–H and O–H groups in total. The summed E-state index contributed by atoms with van der Waals surface area (Å²) in [6.45, 7) is 1.76. The molecule has 3 nitrogen and oxygen atoms in total. The number of hydrogen-bond acceptors (Lipinski definition) is 4. The van der Waals surface area contributed by atoms with Gasteiger partial charge in [-0.15, -0.1) is 0 Å². The van der Waals surface area contributed by atoms with Crippen LogP contribution in [-0.4, -0.2) is 10.1 Å². The van der Waals surface area contributed by atoms with E-state index in [0.717, 1.165) is 21.9 Å². The SMILES string of the molecule is C[C@@H](O)c1ccc(Nc2nc3ccccc3s2)cc1. The number of aliphatic hydroxyl groups is 1. The van der Waals surface area contributed by atoms with Crippen molar-refractivity contribution in [3.8, 4) is 0 Å². The first kappa shape index (κ1) is 12.1. The third kappa shape index (κ3) is 2.59. The summed E-state index contributed by atoms with van der Waals surface area (Å²) in [5.74, 6) is 0. The van der Waals surface area contributed by atoms with Gasteiger partial charge in [0.1, 0.15) is 0 Å². The summed E-state index contributed by atoms with van der Waals surface area (Å²) in [5.41, 5.74) is 2.90. The van der Waals surface area contributed by atoms with Crippen molar-refractivity contribution in [2.75, 3.05) is 5.32 Å². The lowest BCUT2D eigenvalue weighted by Crippen LogP contribution is -1.92. The molecule has 0 saturated carbocycles. The van der Waals surface area contributed by atoms with Gasteiger partial charge in [0.25, 0.3) is 0 Å². The lowest BCUT2D eigenvalue weighted by Gasteiger charge is -2.06. The first-order valence-electron chi connectivity index (χ1n) is 6.13. The summed E-state index contributed by atoms with van der Waals surface area (Å²) in [6.07, 6.45) is -0.434. The first-order valence-corrected chi connectivity index (χ1v) is 6.94. The molecule has 1 aromatic heterocycles. The zero-order chi connectivity index (χ0) is 13.2. The van der Waals surface area contributed by atoms with Crippen molar-refractivity contribution >= 4 is 32.4 Å². The van der Waals surface area contributed by atoms with Crippen LogP contribution in [-0.2, 0) is 0 Å². The summed E-state index contributed by atoms with van der Waals surface area (Å²) >= 11 is 1.63. The molecule has 0 aliphatic carbocycles. The number of aliphatic hydroxyl groups excluding tert-OH is 1. The van der Waals surface area contributed by atoms with Crippen LogP contribution in [0.5, 0.6) is 0 Å². The van der Waals surface area contributed by atoms with Gasteiger partial charge in [-0.05, 0) is 36.8 Å². The van der Waals surface area contributed by atoms with E-state index in [9.17, 15) is 5.11 Å². The maximum atomic E-state index is 9.47. The maximum absolute atomic E-state index is 9.47. The molecular weight excluding hydrogens is 256 g/mol. The Labute approximate surface area is 115 Å². The third-order valence-electron chi connectivity index (χ3n) is 2.94. The van der Waals surface area contributed by atoms with E-state index in [1.165, 1.54) is 4.70 Å². The van der Waals surface area contributed by atoms with Crippen molar-refractivity contribution in [2.24, 2.45) is 0 Å². The van der Waals surface area contributed by atoms with E-state index >= 15 is 0 Å². The lowest BCUT2D eigenvalue weighted by atomic mass is 10.1. The molecule has 3 aromatic rings. The van der Waals surface area contributed by atoms with Crippen molar-refractivity contribution in [3.05, 3.63) is 54.1 Å². The number of rotatable bonds is 3. The highest BCUT2D eigenvalue weighted by Crippen LogP contribution is 2.28. The summed E-state index contributed by atoms with van der Waals surface area (Å²) in [7, 11) is 0. The number of aromatic nitrogens is 1. The molecule has 0 saturated heterocycles. The fourth-order valence-electron chi connectivity index (χ4n) is 1.89. The van der Waals surface area contributed by atoms with Gasteiger partial charge in [-0.1, -0.05) is 35.6 Å². The topological polar surface area (TPSA) is 45.1 Å². The molecule has 0 fully saturated rings. The zero-order valence-electron chi connectivity index (χ0n) is 10.5. The van der Waals surface area contributed by atoms with Gasteiger partial charge >= 0.3 is 0 Å². The maximum Gasteiger partial charge on any atom is 0.188 e. The Kier molecular flexibility index (Phi) is 3.19. The monoisotopic (exact) mass is 270 g/mol. The predicted octanol–water partition coefficient (Wildman–Crippen LogP) is 4.09.